The molecule has 2 aromatic rings. The highest BCUT2D eigenvalue weighted by molar-refractivity contribution is 7.78. The lowest BCUT2D eigenvalue weighted by atomic mass is 9.89. The number of thiocarbonyl (C=S) groups is 1. The first-order valence-corrected chi connectivity index (χ1v) is 8.93. The van der Waals surface area contributed by atoms with Crippen molar-refractivity contribution in [2.75, 3.05) is 0 Å². The molecule has 0 N–H and O–H groups in total. The largest absolute Gasteiger partial charge is 0.206 e. The van der Waals surface area contributed by atoms with Gasteiger partial charge in [-0.05, 0) is 60.8 Å². The summed E-state index contributed by atoms with van der Waals surface area (Å²) in [6.45, 7) is 2.19. The topological polar surface area (TPSA) is 12.4 Å². The molecule has 0 spiro atoms. The van der Waals surface area contributed by atoms with Crippen LogP contribution in [0.2, 0.25) is 0 Å². The van der Waals surface area contributed by atoms with Gasteiger partial charge in [0.2, 0.25) is 0 Å². The Kier molecular flexibility index (Phi) is 5.73. The predicted octanol–water partition coefficient (Wildman–Crippen LogP) is 6.23. The van der Waals surface area contributed by atoms with E-state index in [2.05, 4.69) is 42.1 Å². The maximum absolute atomic E-state index is 14.0. The van der Waals surface area contributed by atoms with Crippen LogP contribution in [0.4, 0.5) is 14.5 Å². The van der Waals surface area contributed by atoms with Crippen molar-refractivity contribution in [2.24, 2.45) is 4.99 Å². The van der Waals surface area contributed by atoms with E-state index in [1.165, 1.54) is 16.7 Å². The summed E-state index contributed by atoms with van der Waals surface area (Å²) >= 11 is 4.42. The third kappa shape index (κ3) is 4.14. The van der Waals surface area contributed by atoms with E-state index in [4.69, 9.17) is 0 Å². The zero-order chi connectivity index (χ0) is 18.5. The number of rotatable bonds is 3. The van der Waals surface area contributed by atoms with E-state index in [1.807, 2.05) is 23.4 Å². The zero-order valence-corrected chi connectivity index (χ0v) is 15.2. The van der Waals surface area contributed by atoms with E-state index < -0.39 is 11.6 Å². The zero-order valence-electron chi connectivity index (χ0n) is 14.4. The minimum Gasteiger partial charge on any atom is -0.206 e. The van der Waals surface area contributed by atoms with Gasteiger partial charge in [0.1, 0.15) is 11.5 Å². The van der Waals surface area contributed by atoms with Crippen molar-refractivity contribution < 1.29 is 8.78 Å². The van der Waals surface area contributed by atoms with E-state index in [-0.39, 0.29) is 11.3 Å². The number of hydrogen-bond acceptors (Lipinski definition) is 2. The molecule has 1 aliphatic rings. The number of aliphatic imine (C=N–C) groups is 1. The fraction of sp³-hybridized carbons (Fsp3) is 0.227. The van der Waals surface area contributed by atoms with Gasteiger partial charge in [-0.3, -0.25) is 0 Å². The molecule has 130 valence electrons. The van der Waals surface area contributed by atoms with E-state index in [9.17, 15) is 8.78 Å². The number of hydrogen-bond donors (Lipinski definition) is 0. The van der Waals surface area contributed by atoms with E-state index >= 15 is 0 Å². The first-order valence-electron chi connectivity index (χ1n) is 8.52. The van der Waals surface area contributed by atoms with Crippen molar-refractivity contribution in [1.29, 1.82) is 0 Å². The van der Waals surface area contributed by atoms with Gasteiger partial charge in [0.15, 0.2) is 5.82 Å². The molecule has 2 aromatic carbocycles. The third-order valence-corrected chi connectivity index (χ3v) is 4.42. The number of nitrogens with zero attached hydrogens (tertiary/aromatic N) is 1. The number of benzene rings is 2. The molecule has 0 unspecified atom stereocenters. The lowest BCUT2D eigenvalue weighted by Crippen LogP contribution is -1.99. The van der Waals surface area contributed by atoms with Crippen molar-refractivity contribution in [1.82, 2.24) is 0 Å². The van der Waals surface area contributed by atoms with Gasteiger partial charge < -0.3 is 0 Å². The minimum atomic E-state index is -0.674. The summed E-state index contributed by atoms with van der Waals surface area (Å²) in [6.07, 6.45) is 6.60. The molecular weight excluding hydrogens is 348 g/mol. The molecule has 0 atom stereocenters. The lowest BCUT2D eigenvalue weighted by molar-refractivity contribution is 0.599. The fourth-order valence-electron chi connectivity index (χ4n) is 3.05. The normalized spacial score (nSPS) is 12.3. The van der Waals surface area contributed by atoms with Crippen LogP contribution >= 0.6 is 12.2 Å². The summed E-state index contributed by atoms with van der Waals surface area (Å²) in [5, 5.41) is 2.03. The van der Waals surface area contributed by atoms with Crippen LogP contribution in [0.3, 0.4) is 0 Å². The van der Waals surface area contributed by atoms with Gasteiger partial charge in [-0.25, -0.2) is 8.78 Å². The monoisotopic (exact) mass is 365 g/mol. The first kappa shape index (κ1) is 18.2. The quantitative estimate of drug-likeness (QED) is 0.357. The number of fused-ring (bicyclic) bond motifs is 1. The van der Waals surface area contributed by atoms with Crippen molar-refractivity contribution in [2.45, 2.75) is 32.6 Å². The molecule has 0 amide bonds. The van der Waals surface area contributed by atoms with Crippen LogP contribution in [0.5, 0.6) is 0 Å². The second-order valence-electron chi connectivity index (χ2n) is 6.20. The maximum atomic E-state index is 14.0. The number of isothiocyanates is 1. The summed E-state index contributed by atoms with van der Waals surface area (Å²) < 4.78 is 27.9. The Bertz CT molecular complexity index is 989. The second kappa shape index (κ2) is 8.19. The van der Waals surface area contributed by atoms with Crippen LogP contribution in [-0.2, 0) is 6.42 Å². The van der Waals surface area contributed by atoms with Gasteiger partial charge in [-0.15, -0.1) is 0 Å². The van der Waals surface area contributed by atoms with Crippen LogP contribution in [0.1, 0.15) is 48.4 Å². The highest BCUT2D eigenvalue weighted by atomic mass is 32.1. The molecule has 0 saturated heterocycles. The smallest absolute Gasteiger partial charge is 0.151 e. The van der Waals surface area contributed by atoms with Gasteiger partial charge in [0.05, 0.1) is 10.7 Å². The van der Waals surface area contributed by atoms with Gasteiger partial charge in [-0.2, -0.15) is 4.99 Å². The first-order chi connectivity index (χ1) is 12.6. The number of allylic oxidation sites excluding steroid dienone is 1. The third-order valence-electron chi connectivity index (χ3n) is 4.33. The predicted molar refractivity (Wildman–Crippen MR) is 105 cm³/mol. The van der Waals surface area contributed by atoms with Crippen LogP contribution < -0.4 is 0 Å². The number of aryl methyl sites for hydroxylation is 1. The molecule has 0 heterocycles. The van der Waals surface area contributed by atoms with Gasteiger partial charge >= 0.3 is 0 Å². The Morgan fingerprint density at radius 1 is 1.08 bits per heavy atom. The average Bonchev–Trinajstić information content (AvgIpc) is 2.63. The van der Waals surface area contributed by atoms with Gasteiger partial charge in [0, 0.05) is 11.6 Å². The maximum Gasteiger partial charge on any atom is 0.151 e. The molecule has 4 heteroatoms. The average molecular weight is 365 g/mol. The highest BCUT2D eigenvalue weighted by Gasteiger charge is 2.10. The fourth-order valence-corrected chi connectivity index (χ4v) is 3.15. The van der Waals surface area contributed by atoms with Crippen molar-refractivity contribution in [3.63, 3.8) is 0 Å². The van der Waals surface area contributed by atoms with Crippen LogP contribution in [-0.4, -0.2) is 5.16 Å². The molecule has 1 aliphatic carbocycles. The van der Waals surface area contributed by atoms with Crippen molar-refractivity contribution in [3.05, 3.63) is 69.8 Å². The molecule has 0 aromatic heterocycles. The molecule has 0 bridgehead atoms. The Morgan fingerprint density at radius 3 is 2.69 bits per heavy atom. The van der Waals surface area contributed by atoms with Gasteiger partial charge in [0.25, 0.3) is 0 Å². The van der Waals surface area contributed by atoms with E-state index in [0.717, 1.165) is 43.4 Å². The molecule has 0 saturated carbocycles. The second-order valence-corrected chi connectivity index (χ2v) is 6.39. The van der Waals surface area contributed by atoms with Crippen molar-refractivity contribution in [3.8, 4) is 11.8 Å². The Morgan fingerprint density at radius 2 is 1.92 bits per heavy atom. The molecule has 0 aliphatic heterocycles. The molecule has 0 radical (unpaired) electrons. The lowest BCUT2D eigenvalue weighted by Gasteiger charge is -2.16. The highest BCUT2D eigenvalue weighted by Crippen LogP contribution is 2.27. The van der Waals surface area contributed by atoms with E-state index in [0.29, 0.717) is 0 Å². The van der Waals surface area contributed by atoms with Crippen LogP contribution in [0, 0.1) is 23.5 Å². The summed E-state index contributed by atoms with van der Waals surface area (Å²) in [7, 11) is 0. The van der Waals surface area contributed by atoms with E-state index in [1.54, 1.807) is 0 Å². The number of halogens is 2. The standard InChI is InChI=1S/C22H17F2NS/c1-2-3-15-4-7-18-11-16(5-8-17(18)10-15)6-9-19-12-21(24)22(25-14-26)13-20(19)23/h5,8,10-13H,2-4,7H2,1H3. The summed E-state index contributed by atoms with van der Waals surface area (Å²) in [6, 6.07) is 8.00. The molecule has 0 fully saturated rings. The summed E-state index contributed by atoms with van der Waals surface area (Å²) in [5.41, 5.74) is 4.56. The van der Waals surface area contributed by atoms with Crippen LogP contribution in [0.25, 0.3) is 6.08 Å². The Hall–Kier alpha value is -2.60. The Balaban J connectivity index is 1.88. The Labute approximate surface area is 157 Å². The van der Waals surface area contributed by atoms with Crippen molar-refractivity contribution >= 4 is 29.1 Å². The summed E-state index contributed by atoms with van der Waals surface area (Å²) in [4.78, 5) is 3.49. The molecule has 26 heavy (non-hydrogen) atoms. The summed E-state index contributed by atoms with van der Waals surface area (Å²) in [5.74, 6) is 4.32. The molecular formula is C22H17F2NS. The molecule has 1 nitrogen and oxygen atoms in total. The van der Waals surface area contributed by atoms with Gasteiger partial charge in [-0.1, -0.05) is 42.9 Å². The van der Waals surface area contributed by atoms with Crippen LogP contribution in [0.15, 0.2) is 40.9 Å². The SMILES string of the molecule is CCCC1=Cc2ccc(C#Cc3cc(F)c(N=C=S)cc3F)cc2CC1. The molecule has 3 rings (SSSR count). The minimum absolute atomic E-state index is 0.00586.